The van der Waals surface area contributed by atoms with Crippen LogP contribution in [0.2, 0.25) is 18.1 Å². The Morgan fingerprint density at radius 2 is 1.89 bits per heavy atom. The Balaban J connectivity index is 2.69. The van der Waals surface area contributed by atoms with Crippen molar-refractivity contribution in [1.29, 1.82) is 0 Å². The van der Waals surface area contributed by atoms with Crippen LogP contribution in [0.1, 0.15) is 34.6 Å². The maximum atomic E-state index is 11.6. The molecule has 1 amide bonds. The molecule has 0 aliphatic carbocycles. The van der Waals surface area contributed by atoms with E-state index in [0.29, 0.717) is 0 Å². The van der Waals surface area contributed by atoms with Gasteiger partial charge in [-0.1, -0.05) is 20.8 Å². The summed E-state index contributed by atoms with van der Waals surface area (Å²) in [5.74, 6) is -0.912. The molecular formula is C13H25NO4Si. The van der Waals surface area contributed by atoms with Gasteiger partial charge in [-0.3, -0.25) is 9.59 Å². The highest BCUT2D eigenvalue weighted by molar-refractivity contribution is 6.74. The first-order valence-corrected chi connectivity index (χ1v) is 9.52. The molecule has 1 rings (SSSR count). The molecule has 0 aromatic rings. The highest BCUT2D eigenvalue weighted by Crippen LogP contribution is 2.39. The SMILES string of the molecule is CC(=O)O[C@@H]1NC(=O)[C@H]1[C@@H](C)O[Si](C)(C)C(C)(C)C. The predicted molar refractivity (Wildman–Crippen MR) is 74.9 cm³/mol. The predicted octanol–water partition coefficient (Wildman–Crippen LogP) is 2.03. The van der Waals surface area contributed by atoms with Crippen molar-refractivity contribution in [1.82, 2.24) is 5.32 Å². The monoisotopic (exact) mass is 287 g/mol. The molecule has 0 aromatic carbocycles. The van der Waals surface area contributed by atoms with Crippen LogP contribution in [-0.4, -0.2) is 32.5 Å². The number of β-lactam (4-membered cyclic amide) rings is 1. The van der Waals surface area contributed by atoms with Gasteiger partial charge in [-0.05, 0) is 25.1 Å². The smallest absolute Gasteiger partial charge is 0.304 e. The Morgan fingerprint density at radius 3 is 2.26 bits per heavy atom. The summed E-state index contributed by atoms with van der Waals surface area (Å²) in [5.41, 5.74) is 0. The number of amides is 1. The van der Waals surface area contributed by atoms with Crippen LogP contribution < -0.4 is 5.32 Å². The average molecular weight is 287 g/mol. The van der Waals surface area contributed by atoms with E-state index in [9.17, 15) is 9.59 Å². The molecule has 1 heterocycles. The van der Waals surface area contributed by atoms with Gasteiger partial charge >= 0.3 is 5.97 Å². The third-order valence-corrected chi connectivity index (χ3v) is 8.57. The highest BCUT2D eigenvalue weighted by Gasteiger charge is 2.49. The summed E-state index contributed by atoms with van der Waals surface area (Å²) in [6.45, 7) is 13.9. The molecule has 0 unspecified atom stereocenters. The van der Waals surface area contributed by atoms with Crippen LogP contribution >= 0.6 is 0 Å². The van der Waals surface area contributed by atoms with E-state index in [-0.39, 0.29) is 17.0 Å². The van der Waals surface area contributed by atoms with E-state index in [1.165, 1.54) is 6.92 Å². The Hall–Kier alpha value is -0.883. The normalized spacial score (nSPS) is 25.3. The largest absolute Gasteiger partial charge is 0.441 e. The van der Waals surface area contributed by atoms with Gasteiger partial charge in [0.15, 0.2) is 14.5 Å². The van der Waals surface area contributed by atoms with E-state index in [1.54, 1.807) is 0 Å². The zero-order valence-corrected chi connectivity index (χ0v) is 13.9. The minimum Gasteiger partial charge on any atom is -0.441 e. The van der Waals surface area contributed by atoms with Crippen molar-refractivity contribution in [2.24, 2.45) is 5.92 Å². The molecule has 1 aliphatic rings. The van der Waals surface area contributed by atoms with E-state index in [1.807, 2.05) is 6.92 Å². The molecule has 3 atom stereocenters. The lowest BCUT2D eigenvalue weighted by atomic mass is 9.93. The average Bonchev–Trinajstić information content (AvgIpc) is 2.12. The lowest BCUT2D eigenvalue weighted by Gasteiger charge is -2.44. The molecule has 6 heteroatoms. The first-order valence-electron chi connectivity index (χ1n) is 6.61. The van der Waals surface area contributed by atoms with E-state index in [2.05, 4.69) is 39.2 Å². The lowest BCUT2D eigenvalue weighted by molar-refractivity contribution is -0.173. The molecule has 0 aromatic heterocycles. The summed E-state index contributed by atoms with van der Waals surface area (Å²) in [7, 11) is -1.93. The van der Waals surface area contributed by atoms with Crippen LogP contribution in [0.5, 0.6) is 0 Å². The molecule has 110 valence electrons. The van der Waals surface area contributed by atoms with Crippen LogP contribution in [0.25, 0.3) is 0 Å². The van der Waals surface area contributed by atoms with Crippen LogP contribution in [0, 0.1) is 5.92 Å². The third kappa shape index (κ3) is 3.57. The van der Waals surface area contributed by atoms with Gasteiger partial charge in [0.2, 0.25) is 5.91 Å². The van der Waals surface area contributed by atoms with Gasteiger partial charge in [-0.25, -0.2) is 0 Å². The highest BCUT2D eigenvalue weighted by atomic mass is 28.4. The molecule has 1 fully saturated rings. The minimum absolute atomic E-state index is 0.0818. The number of nitrogens with one attached hydrogen (secondary N) is 1. The van der Waals surface area contributed by atoms with Crippen molar-refractivity contribution in [3.8, 4) is 0 Å². The summed E-state index contributed by atoms with van der Waals surface area (Å²) in [5, 5.41) is 2.66. The van der Waals surface area contributed by atoms with Gasteiger partial charge in [0.05, 0.1) is 6.10 Å². The van der Waals surface area contributed by atoms with Crippen molar-refractivity contribution in [2.75, 3.05) is 0 Å². The van der Waals surface area contributed by atoms with E-state index < -0.39 is 26.4 Å². The maximum Gasteiger partial charge on any atom is 0.304 e. The number of ether oxygens (including phenoxy) is 1. The molecule has 5 nitrogen and oxygen atoms in total. The van der Waals surface area contributed by atoms with Crippen molar-refractivity contribution < 1.29 is 18.8 Å². The quantitative estimate of drug-likeness (QED) is 0.488. The van der Waals surface area contributed by atoms with Crippen molar-refractivity contribution in [3.05, 3.63) is 0 Å². The van der Waals surface area contributed by atoms with E-state index in [4.69, 9.17) is 9.16 Å². The van der Waals surface area contributed by atoms with Gasteiger partial charge < -0.3 is 14.5 Å². The number of hydrogen-bond acceptors (Lipinski definition) is 4. The fraction of sp³-hybridized carbons (Fsp3) is 0.846. The van der Waals surface area contributed by atoms with Crippen molar-refractivity contribution >= 4 is 20.2 Å². The molecule has 0 radical (unpaired) electrons. The summed E-state index contributed by atoms with van der Waals surface area (Å²) in [6.07, 6.45) is -0.802. The molecule has 0 bridgehead atoms. The Bertz CT molecular complexity index is 375. The molecule has 1 aliphatic heterocycles. The van der Waals surface area contributed by atoms with Gasteiger partial charge in [0.1, 0.15) is 5.92 Å². The lowest BCUT2D eigenvalue weighted by Crippen LogP contribution is -2.65. The topological polar surface area (TPSA) is 64.6 Å². The van der Waals surface area contributed by atoms with E-state index >= 15 is 0 Å². The Morgan fingerprint density at radius 1 is 1.37 bits per heavy atom. The Labute approximate surface area is 116 Å². The molecule has 1 N–H and O–H groups in total. The zero-order chi connectivity index (χ0) is 15.0. The second kappa shape index (κ2) is 5.24. The summed E-state index contributed by atoms with van der Waals surface area (Å²) in [4.78, 5) is 22.6. The summed E-state index contributed by atoms with van der Waals surface area (Å²) in [6, 6.07) is 0. The van der Waals surface area contributed by atoms with Crippen molar-refractivity contribution in [3.63, 3.8) is 0 Å². The zero-order valence-electron chi connectivity index (χ0n) is 12.9. The van der Waals surface area contributed by atoms with Gasteiger partial charge in [0, 0.05) is 6.92 Å². The van der Waals surface area contributed by atoms with Crippen LogP contribution in [0.3, 0.4) is 0 Å². The molecule has 19 heavy (non-hydrogen) atoms. The number of carbonyl (C=O) groups is 2. The minimum atomic E-state index is -1.93. The molecule has 0 saturated carbocycles. The number of esters is 1. The second-order valence-electron chi connectivity index (χ2n) is 6.65. The number of carbonyl (C=O) groups excluding carboxylic acids is 2. The van der Waals surface area contributed by atoms with E-state index in [0.717, 1.165) is 0 Å². The first-order chi connectivity index (χ1) is 8.45. The number of hydrogen-bond donors (Lipinski definition) is 1. The van der Waals surface area contributed by atoms with Gasteiger partial charge in [0.25, 0.3) is 0 Å². The molecule has 0 spiro atoms. The Kier molecular flexibility index (Phi) is 4.46. The third-order valence-electron chi connectivity index (χ3n) is 4.00. The first kappa shape index (κ1) is 16.2. The number of rotatable bonds is 4. The fourth-order valence-corrected chi connectivity index (χ4v) is 3.25. The van der Waals surface area contributed by atoms with Crippen LogP contribution in [0.4, 0.5) is 0 Å². The fourth-order valence-electron chi connectivity index (χ4n) is 1.82. The molecular weight excluding hydrogens is 262 g/mol. The van der Waals surface area contributed by atoms with Gasteiger partial charge in [-0.15, -0.1) is 0 Å². The molecule has 1 saturated heterocycles. The van der Waals surface area contributed by atoms with Crippen molar-refractivity contribution in [2.45, 2.75) is 65.1 Å². The summed E-state index contributed by atoms with van der Waals surface area (Å²) >= 11 is 0. The summed E-state index contributed by atoms with van der Waals surface area (Å²) < 4.78 is 11.2. The second-order valence-corrected chi connectivity index (χ2v) is 11.4. The van der Waals surface area contributed by atoms with Crippen LogP contribution in [0.15, 0.2) is 0 Å². The maximum absolute atomic E-state index is 11.6. The van der Waals surface area contributed by atoms with Gasteiger partial charge in [-0.2, -0.15) is 0 Å². The van der Waals surface area contributed by atoms with Crippen LogP contribution in [-0.2, 0) is 18.8 Å². The standard InChI is InChI=1S/C13H25NO4Si/c1-8(18-19(6,7)13(3,4)5)10-11(16)14-12(10)17-9(2)15/h8,10,12H,1-7H3,(H,14,16)/t8-,10-,12+/m1/s1.